The number of para-hydroxylation sites is 2. The quantitative estimate of drug-likeness (QED) is 0.774. The Morgan fingerprint density at radius 2 is 2.11 bits per heavy atom. The van der Waals surface area contributed by atoms with Gasteiger partial charge in [-0.25, -0.2) is 9.69 Å². The molecule has 1 aliphatic heterocycles. The van der Waals surface area contributed by atoms with Gasteiger partial charge in [-0.2, -0.15) is 0 Å². The Hall–Kier alpha value is -2.87. The highest BCUT2D eigenvalue weighted by molar-refractivity contribution is 7.10. The zero-order valence-electron chi connectivity index (χ0n) is 15.7. The van der Waals surface area contributed by atoms with E-state index < -0.39 is 23.5 Å². The van der Waals surface area contributed by atoms with Gasteiger partial charge in [0.05, 0.1) is 12.8 Å². The first-order chi connectivity index (χ1) is 13.5. The van der Waals surface area contributed by atoms with E-state index in [9.17, 15) is 14.4 Å². The van der Waals surface area contributed by atoms with Gasteiger partial charge >= 0.3 is 6.03 Å². The number of carbonyl (C=O) groups is 3. The summed E-state index contributed by atoms with van der Waals surface area (Å²) in [6.07, 6.45) is 2.26. The molecule has 4 amide bonds. The van der Waals surface area contributed by atoms with Crippen LogP contribution < -0.4 is 15.4 Å². The summed E-state index contributed by atoms with van der Waals surface area (Å²) in [6, 6.07) is 7.40. The number of rotatable bonds is 4. The van der Waals surface area contributed by atoms with Crippen LogP contribution in [0.25, 0.3) is 0 Å². The van der Waals surface area contributed by atoms with E-state index in [-0.39, 0.29) is 5.91 Å². The van der Waals surface area contributed by atoms with E-state index in [1.165, 1.54) is 7.11 Å². The third-order valence-electron chi connectivity index (χ3n) is 5.42. The molecular formula is C20H21N3O4S. The van der Waals surface area contributed by atoms with E-state index in [1.54, 1.807) is 42.5 Å². The molecule has 2 aromatic rings. The molecule has 7 nitrogen and oxygen atoms in total. The van der Waals surface area contributed by atoms with Crippen molar-refractivity contribution in [2.45, 2.75) is 37.8 Å². The van der Waals surface area contributed by atoms with Crippen molar-refractivity contribution in [1.29, 1.82) is 0 Å². The molecule has 1 aliphatic carbocycles. The van der Waals surface area contributed by atoms with E-state index in [4.69, 9.17) is 4.74 Å². The van der Waals surface area contributed by atoms with Crippen LogP contribution in [0.2, 0.25) is 0 Å². The van der Waals surface area contributed by atoms with Gasteiger partial charge < -0.3 is 15.4 Å². The molecule has 1 aromatic carbocycles. The fourth-order valence-corrected chi connectivity index (χ4v) is 4.96. The summed E-state index contributed by atoms with van der Waals surface area (Å²) in [7, 11) is 1.51. The molecule has 2 heterocycles. The number of anilines is 1. The third-order valence-corrected chi connectivity index (χ3v) is 6.40. The van der Waals surface area contributed by atoms with Crippen LogP contribution in [-0.2, 0) is 21.5 Å². The first kappa shape index (κ1) is 18.5. The molecule has 1 fully saturated rings. The van der Waals surface area contributed by atoms with Crippen molar-refractivity contribution in [1.82, 2.24) is 10.2 Å². The summed E-state index contributed by atoms with van der Waals surface area (Å²) in [5.74, 6) is -0.308. The van der Waals surface area contributed by atoms with Gasteiger partial charge in [-0.1, -0.05) is 12.1 Å². The van der Waals surface area contributed by atoms with Crippen LogP contribution in [0.1, 0.15) is 30.2 Å². The molecule has 1 spiro atoms. The number of fused-ring (bicyclic) bond motifs is 2. The fraction of sp³-hybridized carbons (Fsp3) is 0.350. The molecule has 2 aliphatic rings. The lowest BCUT2D eigenvalue weighted by molar-refractivity contribution is -0.137. The Kier molecular flexibility index (Phi) is 4.58. The van der Waals surface area contributed by atoms with Crippen LogP contribution in [0.4, 0.5) is 10.5 Å². The van der Waals surface area contributed by atoms with Gasteiger partial charge in [0, 0.05) is 10.4 Å². The smallest absolute Gasteiger partial charge is 0.326 e. The minimum Gasteiger partial charge on any atom is -0.495 e. The van der Waals surface area contributed by atoms with Crippen LogP contribution in [0.15, 0.2) is 35.7 Å². The maximum atomic E-state index is 13.3. The van der Waals surface area contributed by atoms with Gasteiger partial charge in [0.1, 0.15) is 17.3 Å². The zero-order chi connectivity index (χ0) is 19.9. The molecule has 0 bridgehead atoms. The molecule has 4 rings (SSSR count). The molecule has 0 saturated carbocycles. The Bertz CT molecular complexity index is 956. The van der Waals surface area contributed by atoms with Gasteiger partial charge in [-0.3, -0.25) is 9.59 Å². The number of nitrogens with zero attached hydrogens (tertiary/aromatic N) is 1. The topological polar surface area (TPSA) is 87.7 Å². The number of hydrogen-bond donors (Lipinski definition) is 2. The van der Waals surface area contributed by atoms with Gasteiger partial charge in [0.25, 0.3) is 5.91 Å². The van der Waals surface area contributed by atoms with Gasteiger partial charge in [0.2, 0.25) is 5.91 Å². The normalized spacial score (nSPS) is 22.0. The number of benzene rings is 1. The minimum absolute atomic E-state index is 0.362. The number of ether oxygens (including phenoxy) is 1. The number of methoxy groups -OCH3 is 1. The monoisotopic (exact) mass is 399 g/mol. The average molecular weight is 399 g/mol. The predicted molar refractivity (Wildman–Crippen MR) is 105 cm³/mol. The first-order valence-electron chi connectivity index (χ1n) is 9.14. The van der Waals surface area contributed by atoms with Gasteiger partial charge in [0.15, 0.2) is 0 Å². The maximum Gasteiger partial charge on any atom is 0.326 e. The molecule has 0 unspecified atom stereocenters. The molecule has 2 atom stereocenters. The van der Waals surface area contributed by atoms with Crippen LogP contribution in [0, 0.1) is 0 Å². The van der Waals surface area contributed by atoms with Crippen LogP contribution in [0.3, 0.4) is 0 Å². The van der Waals surface area contributed by atoms with E-state index >= 15 is 0 Å². The highest BCUT2D eigenvalue weighted by atomic mass is 32.1. The second kappa shape index (κ2) is 6.94. The summed E-state index contributed by atoms with van der Waals surface area (Å²) in [5, 5.41) is 7.56. The predicted octanol–water partition coefficient (Wildman–Crippen LogP) is 2.87. The van der Waals surface area contributed by atoms with Crippen molar-refractivity contribution in [3.05, 3.63) is 46.2 Å². The Balaban J connectivity index is 1.59. The van der Waals surface area contributed by atoms with Crippen molar-refractivity contribution in [3.63, 3.8) is 0 Å². The molecule has 2 N–H and O–H groups in total. The Labute approximate surface area is 166 Å². The standard InChI is InChI=1S/C20H21N3O4S/c1-12(17(24)21-14-6-3-4-7-15(14)27-2)23-18(25)20(22-19(23)26)10-5-8-16-13(20)9-11-28-16/h3-4,6-7,9,11-12H,5,8,10H2,1-2H3,(H,21,24)(H,22,26)/t12-,20+/m1/s1. The Morgan fingerprint density at radius 3 is 2.89 bits per heavy atom. The van der Waals surface area contributed by atoms with Crippen molar-refractivity contribution in [3.8, 4) is 5.75 Å². The van der Waals surface area contributed by atoms with Crippen LogP contribution >= 0.6 is 11.3 Å². The van der Waals surface area contributed by atoms with Gasteiger partial charge in [-0.15, -0.1) is 11.3 Å². The molecule has 0 radical (unpaired) electrons. The summed E-state index contributed by atoms with van der Waals surface area (Å²) < 4.78 is 5.24. The van der Waals surface area contributed by atoms with E-state index in [2.05, 4.69) is 10.6 Å². The molecule has 1 aromatic heterocycles. The number of thiophene rings is 1. The largest absolute Gasteiger partial charge is 0.495 e. The number of nitrogens with one attached hydrogen (secondary N) is 2. The number of aryl methyl sites for hydroxylation is 1. The van der Waals surface area contributed by atoms with E-state index in [0.29, 0.717) is 17.9 Å². The SMILES string of the molecule is COc1ccccc1NC(=O)[C@@H](C)N1C(=O)N[C@]2(CCCc3sccc32)C1=O. The summed E-state index contributed by atoms with van der Waals surface area (Å²) >= 11 is 1.60. The number of carbonyl (C=O) groups excluding carboxylic acids is 3. The van der Waals surface area contributed by atoms with Crippen molar-refractivity contribution in [2.75, 3.05) is 12.4 Å². The van der Waals surface area contributed by atoms with Crippen molar-refractivity contribution in [2.24, 2.45) is 0 Å². The molecule has 146 valence electrons. The number of hydrogen-bond acceptors (Lipinski definition) is 5. The van der Waals surface area contributed by atoms with Crippen molar-refractivity contribution < 1.29 is 19.1 Å². The summed E-state index contributed by atoms with van der Waals surface area (Å²) in [4.78, 5) is 41.0. The average Bonchev–Trinajstić information content (AvgIpc) is 3.26. The molecular weight excluding hydrogens is 378 g/mol. The zero-order valence-corrected chi connectivity index (χ0v) is 16.5. The third kappa shape index (κ3) is 2.75. The summed E-state index contributed by atoms with van der Waals surface area (Å²) in [5.41, 5.74) is 0.298. The van der Waals surface area contributed by atoms with Crippen molar-refractivity contribution >= 4 is 34.9 Å². The fourth-order valence-electron chi connectivity index (χ4n) is 3.96. The second-order valence-corrected chi connectivity index (χ2v) is 7.99. The second-order valence-electron chi connectivity index (χ2n) is 6.99. The van der Waals surface area contributed by atoms with Crippen LogP contribution in [-0.4, -0.2) is 35.9 Å². The Morgan fingerprint density at radius 1 is 1.32 bits per heavy atom. The van der Waals surface area contributed by atoms with Gasteiger partial charge in [-0.05, 0) is 49.8 Å². The van der Waals surface area contributed by atoms with E-state index in [0.717, 1.165) is 28.2 Å². The lowest BCUT2D eigenvalue weighted by Gasteiger charge is -2.31. The maximum absolute atomic E-state index is 13.3. The lowest BCUT2D eigenvalue weighted by atomic mass is 9.80. The number of imide groups is 1. The number of urea groups is 1. The summed E-state index contributed by atoms with van der Waals surface area (Å²) in [6.45, 7) is 1.55. The van der Waals surface area contributed by atoms with E-state index in [1.807, 2.05) is 11.4 Å². The lowest BCUT2D eigenvalue weighted by Crippen LogP contribution is -2.49. The molecule has 8 heteroatoms. The number of amides is 4. The highest BCUT2D eigenvalue weighted by Gasteiger charge is 2.56. The molecule has 28 heavy (non-hydrogen) atoms. The van der Waals surface area contributed by atoms with Crippen LogP contribution in [0.5, 0.6) is 5.75 Å². The first-order valence-corrected chi connectivity index (χ1v) is 10.0. The minimum atomic E-state index is -1.05. The highest BCUT2D eigenvalue weighted by Crippen LogP contribution is 2.42. The molecule has 1 saturated heterocycles.